The van der Waals surface area contributed by atoms with Crippen LogP contribution in [0.5, 0.6) is 11.5 Å². The molecular weight excluding hydrogens is 378 g/mol. The molecule has 1 aliphatic heterocycles. The maximum absolute atomic E-state index is 12.1. The molecule has 0 aliphatic carbocycles. The molecule has 0 radical (unpaired) electrons. The van der Waals surface area contributed by atoms with E-state index >= 15 is 0 Å². The molecular formula is C25H33NO4. The fourth-order valence-corrected chi connectivity index (χ4v) is 4.51. The van der Waals surface area contributed by atoms with Crippen molar-refractivity contribution in [3.05, 3.63) is 58.7 Å². The number of aliphatic carboxylic acids is 1. The molecule has 5 nitrogen and oxygen atoms in total. The van der Waals surface area contributed by atoms with Gasteiger partial charge in [-0.25, -0.2) is 0 Å². The molecule has 0 aromatic heterocycles. The minimum atomic E-state index is -0.750. The van der Waals surface area contributed by atoms with Crippen molar-refractivity contribution in [2.24, 2.45) is 0 Å². The van der Waals surface area contributed by atoms with Crippen LogP contribution in [0, 0.1) is 13.8 Å². The number of piperidine rings is 1. The van der Waals surface area contributed by atoms with Crippen LogP contribution < -0.4 is 9.47 Å². The van der Waals surface area contributed by atoms with Gasteiger partial charge in [0.15, 0.2) is 11.5 Å². The Bertz CT molecular complexity index is 859. The minimum absolute atomic E-state index is 0.153. The zero-order valence-corrected chi connectivity index (χ0v) is 18.5. The number of likely N-dealkylation sites (tertiary alicyclic amines) is 1. The number of carbonyl (C=O) groups is 1. The first kappa shape index (κ1) is 22.2. The van der Waals surface area contributed by atoms with Crippen molar-refractivity contribution in [3.8, 4) is 11.5 Å². The van der Waals surface area contributed by atoms with Gasteiger partial charge in [-0.15, -0.1) is 0 Å². The Kier molecular flexibility index (Phi) is 7.38. The van der Waals surface area contributed by atoms with E-state index < -0.39 is 12.0 Å². The maximum Gasteiger partial charge on any atom is 0.320 e. The number of carboxylic acid groups (broad SMARTS) is 1. The van der Waals surface area contributed by atoms with E-state index in [4.69, 9.17) is 9.47 Å². The lowest BCUT2D eigenvalue weighted by molar-refractivity contribution is -0.145. The largest absolute Gasteiger partial charge is 0.490 e. The number of nitrogens with zero attached hydrogens (tertiary/aromatic N) is 1. The summed E-state index contributed by atoms with van der Waals surface area (Å²) >= 11 is 0. The van der Waals surface area contributed by atoms with Crippen LogP contribution in [0.1, 0.15) is 61.4 Å². The van der Waals surface area contributed by atoms with Gasteiger partial charge in [-0.1, -0.05) is 41.8 Å². The number of hydrogen-bond acceptors (Lipinski definition) is 4. The topological polar surface area (TPSA) is 59.0 Å². The van der Waals surface area contributed by atoms with Crippen molar-refractivity contribution in [3.63, 3.8) is 0 Å². The normalized spacial score (nSPS) is 18.1. The third kappa shape index (κ3) is 4.96. The molecule has 1 heterocycles. The molecule has 1 saturated heterocycles. The van der Waals surface area contributed by atoms with Crippen molar-refractivity contribution < 1.29 is 19.4 Å². The number of rotatable bonds is 8. The third-order valence-electron chi connectivity index (χ3n) is 5.60. The van der Waals surface area contributed by atoms with Crippen LogP contribution in [0.4, 0.5) is 0 Å². The van der Waals surface area contributed by atoms with Crippen LogP contribution in [0.2, 0.25) is 0 Å². The molecule has 1 aliphatic rings. The second-order valence-electron chi connectivity index (χ2n) is 7.98. The van der Waals surface area contributed by atoms with Crippen molar-refractivity contribution >= 4 is 5.97 Å². The van der Waals surface area contributed by atoms with Gasteiger partial charge in [0.05, 0.1) is 19.3 Å². The van der Waals surface area contributed by atoms with Gasteiger partial charge in [0.25, 0.3) is 0 Å². The van der Waals surface area contributed by atoms with Gasteiger partial charge in [-0.3, -0.25) is 9.69 Å². The number of hydrogen-bond donors (Lipinski definition) is 1. The summed E-state index contributed by atoms with van der Waals surface area (Å²) in [6.07, 6.45) is 2.62. The van der Waals surface area contributed by atoms with Crippen molar-refractivity contribution in [2.75, 3.05) is 19.8 Å². The monoisotopic (exact) mass is 411 g/mol. The van der Waals surface area contributed by atoms with Crippen LogP contribution in [-0.2, 0) is 4.79 Å². The standard InChI is InChI=1S/C25H33NO4/c1-5-29-22-11-10-19(16-23(22)30-6-2)24(20-14-17(3)13-18(4)15-20)26-12-8-7-9-21(26)25(27)28/h10-11,13-16,21,24H,5-9,12H2,1-4H3,(H,27,28). The second kappa shape index (κ2) is 9.98. The minimum Gasteiger partial charge on any atom is -0.490 e. The second-order valence-corrected chi connectivity index (χ2v) is 7.98. The molecule has 2 aromatic carbocycles. The third-order valence-corrected chi connectivity index (χ3v) is 5.60. The molecule has 1 N–H and O–H groups in total. The molecule has 3 rings (SSSR count). The summed E-state index contributed by atoms with van der Waals surface area (Å²) in [5.74, 6) is 0.672. The van der Waals surface area contributed by atoms with E-state index in [0.717, 1.165) is 36.3 Å². The van der Waals surface area contributed by atoms with Crippen LogP contribution in [0.3, 0.4) is 0 Å². The average molecular weight is 412 g/mol. The number of benzene rings is 2. The highest BCUT2D eigenvalue weighted by Gasteiger charge is 2.35. The molecule has 5 heteroatoms. The number of ether oxygens (including phenoxy) is 2. The molecule has 1 fully saturated rings. The molecule has 2 unspecified atom stereocenters. The van der Waals surface area contributed by atoms with E-state index in [2.05, 4.69) is 36.9 Å². The SMILES string of the molecule is CCOc1ccc(C(c2cc(C)cc(C)c2)N2CCCCC2C(=O)O)cc1OCC. The van der Waals surface area contributed by atoms with Gasteiger partial charge >= 0.3 is 5.97 Å². The van der Waals surface area contributed by atoms with Gasteiger partial charge in [0.2, 0.25) is 0 Å². The Morgan fingerprint density at radius 1 is 1.00 bits per heavy atom. The summed E-state index contributed by atoms with van der Waals surface area (Å²) in [7, 11) is 0. The summed E-state index contributed by atoms with van der Waals surface area (Å²) in [4.78, 5) is 14.2. The fourth-order valence-electron chi connectivity index (χ4n) is 4.51. The van der Waals surface area contributed by atoms with E-state index in [1.807, 2.05) is 32.0 Å². The van der Waals surface area contributed by atoms with Crippen LogP contribution in [-0.4, -0.2) is 41.8 Å². The van der Waals surface area contributed by atoms with Gasteiger partial charge in [0, 0.05) is 0 Å². The quantitative estimate of drug-likeness (QED) is 0.653. The van der Waals surface area contributed by atoms with Gasteiger partial charge in [0.1, 0.15) is 6.04 Å². The average Bonchev–Trinajstić information content (AvgIpc) is 2.70. The highest BCUT2D eigenvalue weighted by atomic mass is 16.5. The molecule has 2 aromatic rings. The first-order chi connectivity index (χ1) is 14.4. The number of aryl methyl sites for hydroxylation is 2. The predicted octanol–water partition coefficient (Wildman–Crippen LogP) is 5.13. The Morgan fingerprint density at radius 2 is 1.67 bits per heavy atom. The highest BCUT2D eigenvalue weighted by molar-refractivity contribution is 5.73. The summed E-state index contributed by atoms with van der Waals surface area (Å²) in [6.45, 7) is 9.94. The Morgan fingerprint density at radius 3 is 2.30 bits per heavy atom. The van der Waals surface area contributed by atoms with E-state index in [1.165, 1.54) is 11.1 Å². The van der Waals surface area contributed by atoms with Crippen LogP contribution in [0.25, 0.3) is 0 Å². The summed E-state index contributed by atoms with van der Waals surface area (Å²) in [6, 6.07) is 11.8. The van der Waals surface area contributed by atoms with E-state index in [0.29, 0.717) is 25.4 Å². The molecule has 162 valence electrons. The maximum atomic E-state index is 12.1. The van der Waals surface area contributed by atoms with Crippen molar-refractivity contribution in [2.45, 2.75) is 59.0 Å². The molecule has 0 spiro atoms. The van der Waals surface area contributed by atoms with Crippen molar-refractivity contribution in [1.29, 1.82) is 0 Å². The van der Waals surface area contributed by atoms with Gasteiger partial charge in [-0.05, 0) is 70.3 Å². The fraction of sp³-hybridized carbons (Fsp3) is 0.480. The summed E-state index contributed by atoms with van der Waals surface area (Å²) in [5, 5.41) is 9.93. The molecule has 0 saturated carbocycles. The summed E-state index contributed by atoms with van der Waals surface area (Å²) in [5.41, 5.74) is 4.50. The van der Waals surface area contributed by atoms with E-state index in [1.54, 1.807) is 0 Å². The van der Waals surface area contributed by atoms with Crippen molar-refractivity contribution in [1.82, 2.24) is 4.90 Å². The van der Waals surface area contributed by atoms with E-state index in [9.17, 15) is 9.90 Å². The predicted molar refractivity (Wildman–Crippen MR) is 119 cm³/mol. The Hall–Kier alpha value is -2.53. The number of carboxylic acids is 1. The van der Waals surface area contributed by atoms with Gasteiger partial charge in [-0.2, -0.15) is 0 Å². The summed E-state index contributed by atoms with van der Waals surface area (Å²) < 4.78 is 11.6. The van der Waals surface area contributed by atoms with Gasteiger partial charge < -0.3 is 14.6 Å². The lowest BCUT2D eigenvalue weighted by atomic mass is 9.90. The zero-order valence-electron chi connectivity index (χ0n) is 18.5. The smallest absolute Gasteiger partial charge is 0.320 e. The first-order valence-electron chi connectivity index (χ1n) is 10.9. The molecule has 0 bridgehead atoms. The lowest BCUT2D eigenvalue weighted by Crippen LogP contribution is -2.46. The molecule has 30 heavy (non-hydrogen) atoms. The molecule has 0 amide bonds. The first-order valence-corrected chi connectivity index (χ1v) is 10.9. The Labute approximate surface area is 179 Å². The van der Waals surface area contributed by atoms with Crippen LogP contribution >= 0.6 is 0 Å². The zero-order chi connectivity index (χ0) is 21.7. The lowest BCUT2D eigenvalue weighted by Gasteiger charge is -2.40. The Balaban J connectivity index is 2.13. The molecule has 2 atom stereocenters. The van der Waals surface area contributed by atoms with E-state index in [-0.39, 0.29) is 6.04 Å². The highest BCUT2D eigenvalue weighted by Crippen LogP contribution is 2.39. The van der Waals surface area contributed by atoms with Crippen LogP contribution in [0.15, 0.2) is 36.4 Å².